The summed E-state index contributed by atoms with van der Waals surface area (Å²) < 4.78 is 8.24. The van der Waals surface area contributed by atoms with Gasteiger partial charge in [-0.3, -0.25) is 0 Å². The Balaban J connectivity index is 2.08. The fourth-order valence-corrected chi connectivity index (χ4v) is 2.33. The first-order valence-corrected chi connectivity index (χ1v) is 7.60. The molecule has 1 N–H and O–H groups in total. The van der Waals surface area contributed by atoms with Crippen molar-refractivity contribution in [3.63, 3.8) is 0 Å². The van der Waals surface area contributed by atoms with Crippen molar-refractivity contribution in [3.05, 3.63) is 48.0 Å². The standard InChI is InChI=1S/C16H22ClN3O/c1-3-8-18-11-16(2,12-20-10-9-19-13-20)21-15-6-4-14(17)5-7-15/h4-7,9-10,13,18H,3,8,11-12H2,1-2H3. The van der Waals surface area contributed by atoms with Gasteiger partial charge in [0.15, 0.2) is 0 Å². The Labute approximate surface area is 131 Å². The van der Waals surface area contributed by atoms with E-state index < -0.39 is 0 Å². The molecule has 1 heterocycles. The summed E-state index contributed by atoms with van der Waals surface area (Å²) in [6, 6.07) is 7.48. The summed E-state index contributed by atoms with van der Waals surface area (Å²) in [4.78, 5) is 4.09. The molecule has 4 nitrogen and oxygen atoms in total. The normalized spacial score (nSPS) is 13.9. The van der Waals surface area contributed by atoms with E-state index in [1.165, 1.54) is 0 Å². The summed E-state index contributed by atoms with van der Waals surface area (Å²) in [5.74, 6) is 0.820. The zero-order chi connectivity index (χ0) is 15.1. The number of imidazole rings is 1. The summed E-state index contributed by atoms with van der Waals surface area (Å²) in [7, 11) is 0. The van der Waals surface area contributed by atoms with E-state index >= 15 is 0 Å². The monoisotopic (exact) mass is 307 g/mol. The predicted molar refractivity (Wildman–Crippen MR) is 85.9 cm³/mol. The third-order valence-electron chi connectivity index (χ3n) is 3.18. The number of hydrogen-bond acceptors (Lipinski definition) is 3. The molecule has 1 atom stereocenters. The topological polar surface area (TPSA) is 39.1 Å². The molecule has 1 aromatic carbocycles. The Bertz CT molecular complexity index is 527. The Morgan fingerprint density at radius 1 is 1.33 bits per heavy atom. The fraction of sp³-hybridized carbons (Fsp3) is 0.438. The van der Waals surface area contributed by atoms with E-state index in [0.717, 1.165) is 31.8 Å². The lowest BCUT2D eigenvalue weighted by atomic mass is 10.1. The Morgan fingerprint density at radius 2 is 2.10 bits per heavy atom. The van der Waals surface area contributed by atoms with Crippen molar-refractivity contribution in [1.29, 1.82) is 0 Å². The maximum atomic E-state index is 6.21. The third-order valence-corrected chi connectivity index (χ3v) is 3.43. The van der Waals surface area contributed by atoms with Crippen LogP contribution in [-0.4, -0.2) is 28.2 Å². The number of benzene rings is 1. The molecule has 21 heavy (non-hydrogen) atoms. The molecule has 1 unspecified atom stereocenters. The number of ether oxygens (including phenoxy) is 1. The molecule has 1 aromatic heterocycles. The van der Waals surface area contributed by atoms with Crippen molar-refractivity contribution in [3.8, 4) is 5.75 Å². The number of nitrogens with one attached hydrogen (secondary N) is 1. The molecular formula is C16H22ClN3O. The van der Waals surface area contributed by atoms with Crippen molar-refractivity contribution in [2.24, 2.45) is 0 Å². The lowest BCUT2D eigenvalue weighted by Crippen LogP contribution is -2.46. The van der Waals surface area contributed by atoms with E-state index in [-0.39, 0.29) is 5.60 Å². The van der Waals surface area contributed by atoms with Gasteiger partial charge in [0.05, 0.1) is 12.9 Å². The lowest BCUT2D eigenvalue weighted by Gasteiger charge is -2.31. The first-order chi connectivity index (χ1) is 10.1. The number of nitrogens with zero attached hydrogens (tertiary/aromatic N) is 2. The maximum absolute atomic E-state index is 6.21. The van der Waals surface area contributed by atoms with Crippen molar-refractivity contribution in [2.75, 3.05) is 13.1 Å². The largest absolute Gasteiger partial charge is 0.484 e. The zero-order valence-corrected chi connectivity index (χ0v) is 13.3. The molecule has 114 valence electrons. The van der Waals surface area contributed by atoms with Gasteiger partial charge in [-0.1, -0.05) is 18.5 Å². The molecule has 0 saturated heterocycles. The van der Waals surface area contributed by atoms with Crippen LogP contribution in [0.3, 0.4) is 0 Å². The average molecular weight is 308 g/mol. The van der Waals surface area contributed by atoms with Gasteiger partial charge in [-0.05, 0) is 44.2 Å². The molecule has 2 aromatic rings. The summed E-state index contributed by atoms with van der Waals surface area (Å²) >= 11 is 5.92. The molecule has 5 heteroatoms. The van der Waals surface area contributed by atoms with E-state index in [2.05, 4.69) is 24.1 Å². The van der Waals surface area contributed by atoms with Crippen LogP contribution in [-0.2, 0) is 6.54 Å². The lowest BCUT2D eigenvalue weighted by molar-refractivity contribution is 0.0690. The Hall–Kier alpha value is -1.52. The van der Waals surface area contributed by atoms with Crippen LogP contribution in [0.2, 0.25) is 5.02 Å². The summed E-state index contributed by atoms with van der Waals surface area (Å²) in [6.07, 6.45) is 6.64. The van der Waals surface area contributed by atoms with Gasteiger partial charge in [0.25, 0.3) is 0 Å². The van der Waals surface area contributed by atoms with Gasteiger partial charge in [0.1, 0.15) is 11.4 Å². The third kappa shape index (κ3) is 5.06. The van der Waals surface area contributed by atoms with Gasteiger partial charge in [0, 0.05) is 24.0 Å². The molecule has 0 spiro atoms. The van der Waals surface area contributed by atoms with E-state index in [1.807, 2.05) is 41.4 Å². The second-order valence-corrected chi connectivity index (χ2v) is 5.85. The van der Waals surface area contributed by atoms with Gasteiger partial charge in [-0.25, -0.2) is 4.98 Å². The average Bonchev–Trinajstić information content (AvgIpc) is 2.94. The molecule has 0 bridgehead atoms. The van der Waals surface area contributed by atoms with Crippen molar-refractivity contribution in [2.45, 2.75) is 32.4 Å². The van der Waals surface area contributed by atoms with Crippen molar-refractivity contribution < 1.29 is 4.74 Å². The van der Waals surface area contributed by atoms with Crippen molar-refractivity contribution >= 4 is 11.6 Å². The van der Waals surface area contributed by atoms with Gasteiger partial charge >= 0.3 is 0 Å². The number of rotatable bonds is 8. The molecule has 2 rings (SSSR count). The molecule has 0 saturated carbocycles. The highest BCUT2D eigenvalue weighted by molar-refractivity contribution is 6.30. The zero-order valence-electron chi connectivity index (χ0n) is 12.6. The van der Waals surface area contributed by atoms with Gasteiger partial charge in [-0.15, -0.1) is 0 Å². The highest BCUT2D eigenvalue weighted by Gasteiger charge is 2.26. The fourth-order valence-electron chi connectivity index (χ4n) is 2.21. The highest BCUT2D eigenvalue weighted by atomic mass is 35.5. The van der Waals surface area contributed by atoms with E-state index in [9.17, 15) is 0 Å². The van der Waals surface area contributed by atoms with Crippen LogP contribution in [0.25, 0.3) is 0 Å². The van der Waals surface area contributed by atoms with E-state index in [4.69, 9.17) is 16.3 Å². The number of hydrogen-bond donors (Lipinski definition) is 1. The van der Waals surface area contributed by atoms with Gasteiger partial charge in [0.2, 0.25) is 0 Å². The summed E-state index contributed by atoms with van der Waals surface area (Å²) in [6.45, 7) is 6.72. The minimum atomic E-state index is -0.357. The van der Waals surface area contributed by atoms with Gasteiger partial charge in [-0.2, -0.15) is 0 Å². The molecule has 0 aliphatic heterocycles. The minimum absolute atomic E-state index is 0.357. The number of aromatic nitrogens is 2. The first kappa shape index (κ1) is 15.9. The summed E-state index contributed by atoms with van der Waals surface area (Å²) in [5, 5.41) is 4.15. The van der Waals surface area contributed by atoms with Crippen molar-refractivity contribution in [1.82, 2.24) is 14.9 Å². The second-order valence-electron chi connectivity index (χ2n) is 5.42. The highest BCUT2D eigenvalue weighted by Crippen LogP contribution is 2.22. The second kappa shape index (κ2) is 7.48. The quantitative estimate of drug-likeness (QED) is 0.760. The summed E-state index contributed by atoms with van der Waals surface area (Å²) in [5.41, 5.74) is -0.357. The molecule has 0 radical (unpaired) electrons. The van der Waals surface area contributed by atoms with Crippen LogP contribution < -0.4 is 10.1 Å². The molecule has 0 aliphatic carbocycles. The van der Waals surface area contributed by atoms with E-state index in [0.29, 0.717) is 5.02 Å². The Morgan fingerprint density at radius 3 is 2.71 bits per heavy atom. The first-order valence-electron chi connectivity index (χ1n) is 7.22. The van der Waals surface area contributed by atoms with Crippen LogP contribution in [0.5, 0.6) is 5.75 Å². The molecule has 0 amide bonds. The van der Waals surface area contributed by atoms with Crippen LogP contribution in [0.1, 0.15) is 20.3 Å². The minimum Gasteiger partial charge on any atom is -0.484 e. The van der Waals surface area contributed by atoms with Crippen LogP contribution in [0, 0.1) is 0 Å². The molecule has 0 fully saturated rings. The predicted octanol–water partition coefficient (Wildman–Crippen LogP) is 3.37. The van der Waals surface area contributed by atoms with Crippen LogP contribution in [0.4, 0.5) is 0 Å². The van der Waals surface area contributed by atoms with Crippen LogP contribution >= 0.6 is 11.6 Å². The SMILES string of the molecule is CCCNCC(C)(Cn1ccnc1)Oc1ccc(Cl)cc1. The number of halogens is 1. The van der Waals surface area contributed by atoms with Gasteiger partial charge < -0.3 is 14.6 Å². The Kier molecular flexibility index (Phi) is 5.65. The molecule has 0 aliphatic rings. The maximum Gasteiger partial charge on any atom is 0.136 e. The smallest absolute Gasteiger partial charge is 0.136 e. The van der Waals surface area contributed by atoms with Crippen LogP contribution in [0.15, 0.2) is 43.0 Å². The molecular weight excluding hydrogens is 286 g/mol. The van der Waals surface area contributed by atoms with E-state index in [1.54, 1.807) is 6.20 Å².